The number of aliphatic hydroxyl groups is 1. The Labute approximate surface area is 229 Å². The van der Waals surface area contributed by atoms with Crippen LogP contribution in [0.3, 0.4) is 0 Å². The van der Waals surface area contributed by atoms with Crippen molar-refractivity contribution in [3.8, 4) is 0 Å². The molecule has 0 radical (unpaired) electrons. The van der Waals surface area contributed by atoms with Crippen molar-refractivity contribution in [1.29, 1.82) is 0 Å². The molecule has 1 N–H and O–H groups in total. The number of anilines is 1. The van der Waals surface area contributed by atoms with E-state index in [9.17, 15) is 4.79 Å². The molecule has 3 aromatic rings. The maximum atomic E-state index is 12.1. The Balaban J connectivity index is 0.000000612. The van der Waals surface area contributed by atoms with E-state index < -0.39 is 0 Å². The zero-order chi connectivity index (χ0) is 27.7. The van der Waals surface area contributed by atoms with Gasteiger partial charge < -0.3 is 28.8 Å². The number of carbonyl (C=O) groups is 2. The molecule has 5 rings (SSSR count). The first-order valence-corrected chi connectivity index (χ1v) is 13.3. The van der Waals surface area contributed by atoms with Gasteiger partial charge in [-0.15, -0.1) is 0 Å². The van der Waals surface area contributed by atoms with Crippen molar-refractivity contribution in [2.75, 3.05) is 39.4 Å². The largest absolute Gasteiger partial charge is 0.471 e. The number of aryl methyl sites for hydroxylation is 1. The molecule has 0 bridgehead atoms. The molecule has 2 aliphatic rings. The predicted octanol–water partition coefficient (Wildman–Crippen LogP) is 4.74. The van der Waals surface area contributed by atoms with Gasteiger partial charge in [0.15, 0.2) is 0 Å². The van der Waals surface area contributed by atoms with Crippen LogP contribution in [0.2, 0.25) is 5.02 Å². The Bertz CT molecular complexity index is 1210. The molecule has 2 aliphatic heterocycles. The molecule has 38 heavy (non-hydrogen) atoms. The number of aromatic nitrogens is 2. The number of hydrogen-bond acceptors (Lipinski definition) is 7. The van der Waals surface area contributed by atoms with Gasteiger partial charge in [0.1, 0.15) is 12.1 Å². The second-order valence-electron chi connectivity index (χ2n) is 9.53. The number of aliphatic hydroxyl groups excluding tert-OH is 1. The van der Waals surface area contributed by atoms with Crippen LogP contribution in [0.25, 0.3) is 11.0 Å². The zero-order valence-corrected chi connectivity index (χ0v) is 23.4. The Morgan fingerprint density at radius 3 is 2.63 bits per heavy atom. The molecule has 3 heterocycles. The summed E-state index contributed by atoms with van der Waals surface area (Å²) in [4.78, 5) is 28.6. The Morgan fingerprint density at radius 2 is 2.00 bits per heavy atom. The number of fused-ring (bicyclic) bond motifs is 3. The summed E-state index contributed by atoms with van der Waals surface area (Å²) in [7, 11) is 4.48. The molecule has 0 saturated carbocycles. The Kier molecular flexibility index (Phi) is 11.1. The fourth-order valence-electron chi connectivity index (χ4n) is 5.27. The van der Waals surface area contributed by atoms with Crippen LogP contribution in [-0.2, 0) is 31.9 Å². The third-order valence-electron chi connectivity index (χ3n) is 7.31. The summed E-state index contributed by atoms with van der Waals surface area (Å²) < 4.78 is 12.1. The van der Waals surface area contributed by atoms with Crippen LogP contribution >= 0.6 is 11.6 Å². The third-order valence-corrected chi connectivity index (χ3v) is 7.54. The Morgan fingerprint density at radius 1 is 1.24 bits per heavy atom. The van der Waals surface area contributed by atoms with Gasteiger partial charge in [-0.1, -0.05) is 23.7 Å². The van der Waals surface area contributed by atoms with Crippen molar-refractivity contribution >= 4 is 41.1 Å². The zero-order valence-electron chi connectivity index (χ0n) is 22.6. The van der Waals surface area contributed by atoms with Gasteiger partial charge in [-0.05, 0) is 62.4 Å². The van der Waals surface area contributed by atoms with E-state index >= 15 is 0 Å². The van der Waals surface area contributed by atoms with Crippen molar-refractivity contribution in [3.63, 3.8) is 0 Å². The maximum absolute atomic E-state index is 12.1. The smallest absolute Gasteiger partial charge is 0.292 e. The normalized spacial score (nSPS) is 19.3. The van der Waals surface area contributed by atoms with E-state index in [0.29, 0.717) is 30.6 Å². The molecule has 2 aromatic carbocycles. The summed E-state index contributed by atoms with van der Waals surface area (Å²) in [5.74, 6) is 0.676. The molecule has 0 aliphatic carbocycles. The van der Waals surface area contributed by atoms with Gasteiger partial charge in [-0.3, -0.25) is 4.79 Å². The topological polar surface area (TPSA) is 93.9 Å². The number of rotatable bonds is 6. The van der Waals surface area contributed by atoms with Gasteiger partial charge in [-0.25, -0.2) is 4.98 Å². The third kappa shape index (κ3) is 6.54. The fraction of sp³-hybridized carbons (Fsp3) is 0.483. The molecule has 206 valence electrons. The van der Waals surface area contributed by atoms with Gasteiger partial charge in [0, 0.05) is 55.4 Å². The standard InChI is InChI=1S/C26H30ClN3O2.C2H4O2.CH4O/c1-17-8-9-22-23(29(17)2)10-11-24-26(22)28-25(30(24)21-7-4-12-32-16-21)14-19(15-31)18-5-3-6-20(27)13-18;1-4-2-3;1-2/h3,5-6,10-11,13,15,17,19,21H,4,7-9,12,14,16H2,1-2H3;2H,1H3;2H,1H3. The van der Waals surface area contributed by atoms with Gasteiger partial charge in [-0.2, -0.15) is 0 Å². The van der Waals surface area contributed by atoms with E-state index in [2.05, 4.69) is 40.3 Å². The fourth-order valence-corrected chi connectivity index (χ4v) is 5.47. The van der Waals surface area contributed by atoms with Crippen LogP contribution in [-0.4, -0.2) is 67.9 Å². The van der Waals surface area contributed by atoms with Crippen molar-refractivity contribution in [2.24, 2.45) is 0 Å². The van der Waals surface area contributed by atoms with Crippen molar-refractivity contribution in [1.82, 2.24) is 9.55 Å². The minimum absolute atomic E-state index is 0.244. The second-order valence-corrected chi connectivity index (χ2v) is 9.97. The van der Waals surface area contributed by atoms with Crippen LogP contribution in [0.1, 0.15) is 55.1 Å². The SMILES string of the molecule is CC1CCc2c(ccc3c2nc(CC(C=O)c2cccc(Cl)c2)n3C2CCCOC2)N1C.CO.COC=O. The highest BCUT2D eigenvalue weighted by atomic mass is 35.5. The minimum Gasteiger partial charge on any atom is -0.471 e. The maximum Gasteiger partial charge on any atom is 0.292 e. The number of carbonyl (C=O) groups excluding carboxylic acids is 2. The monoisotopic (exact) mass is 543 g/mol. The molecular formula is C29H38ClN3O5. The van der Waals surface area contributed by atoms with Gasteiger partial charge in [0.25, 0.3) is 6.47 Å². The van der Waals surface area contributed by atoms with E-state index in [0.717, 1.165) is 68.1 Å². The summed E-state index contributed by atoms with van der Waals surface area (Å²) in [6.07, 6.45) is 5.83. The van der Waals surface area contributed by atoms with E-state index in [1.807, 2.05) is 24.3 Å². The number of hydrogen-bond donors (Lipinski definition) is 1. The van der Waals surface area contributed by atoms with Gasteiger partial charge >= 0.3 is 0 Å². The summed E-state index contributed by atoms with van der Waals surface area (Å²) >= 11 is 6.21. The van der Waals surface area contributed by atoms with Crippen LogP contribution in [0.5, 0.6) is 0 Å². The Hall–Kier alpha value is -2.94. The summed E-state index contributed by atoms with van der Waals surface area (Å²) in [5, 5.41) is 7.65. The number of ether oxygens (including phenoxy) is 2. The summed E-state index contributed by atoms with van der Waals surface area (Å²) in [6, 6.07) is 12.8. The number of nitrogens with zero attached hydrogens (tertiary/aromatic N) is 3. The van der Waals surface area contributed by atoms with E-state index in [1.165, 1.54) is 18.4 Å². The van der Waals surface area contributed by atoms with Gasteiger partial charge in [0.05, 0.1) is 30.8 Å². The first-order valence-electron chi connectivity index (χ1n) is 12.9. The highest BCUT2D eigenvalue weighted by Crippen LogP contribution is 2.38. The predicted molar refractivity (Wildman–Crippen MR) is 150 cm³/mol. The molecule has 1 aromatic heterocycles. The van der Waals surface area contributed by atoms with Crippen molar-refractivity contribution in [3.05, 3.63) is 58.4 Å². The quantitative estimate of drug-likeness (QED) is 0.449. The van der Waals surface area contributed by atoms with Crippen molar-refractivity contribution in [2.45, 2.75) is 57.0 Å². The molecular weight excluding hydrogens is 506 g/mol. The molecule has 8 nitrogen and oxygen atoms in total. The molecule has 3 unspecified atom stereocenters. The lowest BCUT2D eigenvalue weighted by atomic mass is 9.96. The lowest BCUT2D eigenvalue weighted by Crippen LogP contribution is -2.33. The highest BCUT2D eigenvalue weighted by Gasteiger charge is 2.28. The van der Waals surface area contributed by atoms with E-state index in [4.69, 9.17) is 31.2 Å². The molecule has 9 heteroatoms. The molecule has 3 atom stereocenters. The molecule has 1 saturated heterocycles. The van der Waals surface area contributed by atoms with Crippen LogP contribution < -0.4 is 4.90 Å². The average Bonchev–Trinajstić information content (AvgIpc) is 3.33. The lowest BCUT2D eigenvalue weighted by molar-refractivity contribution is -0.126. The van der Waals surface area contributed by atoms with E-state index in [1.54, 1.807) is 0 Å². The first-order chi connectivity index (χ1) is 18.5. The molecule has 1 fully saturated rings. The minimum atomic E-state index is -0.285. The number of halogens is 1. The number of imidazole rings is 1. The van der Waals surface area contributed by atoms with Gasteiger partial charge in [0.2, 0.25) is 0 Å². The summed E-state index contributed by atoms with van der Waals surface area (Å²) in [6.45, 7) is 4.15. The van der Waals surface area contributed by atoms with E-state index in [-0.39, 0.29) is 12.0 Å². The molecule has 0 spiro atoms. The summed E-state index contributed by atoms with van der Waals surface area (Å²) in [5.41, 5.74) is 5.77. The van der Waals surface area contributed by atoms with Crippen LogP contribution in [0.4, 0.5) is 5.69 Å². The molecule has 0 amide bonds. The van der Waals surface area contributed by atoms with Crippen LogP contribution in [0.15, 0.2) is 36.4 Å². The highest BCUT2D eigenvalue weighted by molar-refractivity contribution is 6.30. The average molecular weight is 544 g/mol. The first kappa shape index (κ1) is 29.6. The lowest BCUT2D eigenvalue weighted by Gasteiger charge is -2.34. The number of benzene rings is 2. The number of aldehydes is 1. The second kappa shape index (κ2) is 14.3. The number of methoxy groups -OCH3 is 1. The van der Waals surface area contributed by atoms with Crippen LogP contribution in [0, 0.1) is 0 Å². The van der Waals surface area contributed by atoms with Crippen molar-refractivity contribution < 1.29 is 24.2 Å².